The van der Waals surface area contributed by atoms with E-state index in [0.717, 1.165) is 50.5 Å². The van der Waals surface area contributed by atoms with Crippen molar-refractivity contribution in [2.24, 2.45) is 0 Å². The minimum absolute atomic E-state index is 0.0413. The number of carboxylic acids is 1. The molecule has 0 aliphatic carbocycles. The summed E-state index contributed by atoms with van der Waals surface area (Å²) in [6.07, 6.45) is 2.94. The van der Waals surface area contributed by atoms with E-state index in [1.54, 1.807) is 35.2 Å². The lowest BCUT2D eigenvalue weighted by Gasteiger charge is -2.11. The van der Waals surface area contributed by atoms with Crippen LogP contribution in [0.1, 0.15) is 38.3 Å². The van der Waals surface area contributed by atoms with Gasteiger partial charge >= 0.3 is 5.97 Å². The second-order valence-corrected chi connectivity index (χ2v) is 8.85. The van der Waals surface area contributed by atoms with Crippen molar-refractivity contribution in [1.82, 2.24) is 4.57 Å². The van der Waals surface area contributed by atoms with Crippen LogP contribution < -0.4 is 0 Å². The number of carbonyl (C=O) groups is 1. The van der Waals surface area contributed by atoms with Gasteiger partial charge in [-0.05, 0) is 65.3 Å². The lowest BCUT2D eigenvalue weighted by molar-refractivity contribution is -0.137. The topological polar surface area (TPSA) is 42.2 Å². The maximum absolute atomic E-state index is 14.5. The number of aryl methyl sites for hydroxylation is 1. The molecule has 1 aromatic carbocycles. The number of carboxylic acid groups (broad SMARTS) is 1. The molecule has 1 aliphatic rings. The van der Waals surface area contributed by atoms with Gasteiger partial charge < -0.3 is 9.67 Å². The number of thioether (sulfide) groups is 1. The lowest BCUT2D eigenvalue weighted by Crippen LogP contribution is -2.04. The third-order valence-corrected chi connectivity index (χ3v) is 6.99. The van der Waals surface area contributed by atoms with E-state index in [4.69, 9.17) is 0 Å². The first-order valence-electron chi connectivity index (χ1n) is 8.90. The molecular formula is C21H20FNO2S2. The van der Waals surface area contributed by atoms with Gasteiger partial charge in [-0.25, -0.2) is 4.39 Å². The average Bonchev–Trinajstić information content (AvgIpc) is 3.33. The number of fused-ring (bicyclic) bond motifs is 3. The minimum Gasteiger partial charge on any atom is -0.481 e. The molecule has 0 saturated heterocycles. The molecule has 0 fully saturated rings. The van der Waals surface area contributed by atoms with Crippen LogP contribution >= 0.6 is 23.1 Å². The van der Waals surface area contributed by atoms with E-state index in [1.165, 1.54) is 0 Å². The van der Waals surface area contributed by atoms with Crippen LogP contribution in [-0.4, -0.2) is 15.6 Å². The van der Waals surface area contributed by atoms with Crippen LogP contribution in [0.15, 0.2) is 44.8 Å². The number of aliphatic carboxylic acids is 1. The van der Waals surface area contributed by atoms with Crippen molar-refractivity contribution in [3.8, 4) is 11.1 Å². The summed E-state index contributed by atoms with van der Waals surface area (Å²) < 4.78 is 16.6. The van der Waals surface area contributed by atoms with Crippen LogP contribution in [0.2, 0.25) is 0 Å². The summed E-state index contributed by atoms with van der Waals surface area (Å²) in [5.41, 5.74) is 3.79. The van der Waals surface area contributed by atoms with E-state index in [2.05, 4.69) is 17.6 Å². The standard InChI is InChI=1S/C21H20FNO2S2/c1-3-12(2)27-21-19-16(14-5-7-26-11-14)9-15(22)10-17(19)23-6-4-13(20(21)23)8-18(24)25/h3,5,7,9-11,13H,4,6,8H2,1-2H3,(H,24,25)/b12-3+. The number of thiophene rings is 1. The Hall–Kier alpha value is -2.05. The molecule has 27 heavy (non-hydrogen) atoms. The predicted molar refractivity (Wildman–Crippen MR) is 110 cm³/mol. The van der Waals surface area contributed by atoms with Crippen molar-refractivity contribution in [3.05, 3.63) is 51.5 Å². The number of benzene rings is 1. The Balaban J connectivity index is 2.03. The molecule has 140 valence electrons. The molecule has 1 atom stereocenters. The molecule has 0 amide bonds. The van der Waals surface area contributed by atoms with Crippen LogP contribution in [-0.2, 0) is 11.3 Å². The van der Waals surface area contributed by atoms with Gasteiger partial charge in [-0.15, -0.1) is 0 Å². The second kappa shape index (κ2) is 7.17. The zero-order valence-corrected chi connectivity index (χ0v) is 16.8. The largest absolute Gasteiger partial charge is 0.481 e. The van der Waals surface area contributed by atoms with Gasteiger partial charge in [0, 0.05) is 28.4 Å². The van der Waals surface area contributed by atoms with Crippen molar-refractivity contribution in [1.29, 1.82) is 0 Å². The Morgan fingerprint density at radius 3 is 2.96 bits per heavy atom. The maximum Gasteiger partial charge on any atom is 0.304 e. The molecule has 0 spiro atoms. The first-order chi connectivity index (χ1) is 13.0. The Morgan fingerprint density at radius 1 is 1.48 bits per heavy atom. The zero-order valence-electron chi connectivity index (χ0n) is 15.2. The Labute approximate surface area is 165 Å². The van der Waals surface area contributed by atoms with Crippen LogP contribution in [0.5, 0.6) is 0 Å². The third-order valence-electron chi connectivity index (χ3n) is 5.13. The summed E-state index contributed by atoms with van der Waals surface area (Å²) in [5, 5.41) is 14.4. The summed E-state index contributed by atoms with van der Waals surface area (Å²) in [7, 11) is 0. The van der Waals surface area contributed by atoms with Crippen molar-refractivity contribution >= 4 is 40.0 Å². The summed E-state index contributed by atoms with van der Waals surface area (Å²) in [4.78, 5) is 13.6. The smallest absolute Gasteiger partial charge is 0.304 e. The molecule has 4 rings (SSSR count). The lowest BCUT2D eigenvalue weighted by atomic mass is 9.98. The molecule has 6 heteroatoms. The maximum atomic E-state index is 14.5. The van der Waals surface area contributed by atoms with Gasteiger partial charge in [-0.3, -0.25) is 4.79 Å². The number of rotatable bonds is 5. The number of halogens is 1. The molecule has 1 aliphatic heterocycles. The van der Waals surface area contributed by atoms with E-state index >= 15 is 0 Å². The monoisotopic (exact) mass is 401 g/mol. The summed E-state index contributed by atoms with van der Waals surface area (Å²) in [6.45, 7) is 4.77. The Kier molecular flexibility index (Phi) is 4.86. The molecule has 3 aromatic rings. The molecule has 0 bridgehead atoms. The van der Waals surface area contributed by atoms with Crippen LogP contribution in [0.25, 0.3) is 22.0 Å². The molecule has 1 unspecified atom stereocenters. The van der Waals surface area contributed by atoms with Crippen molar-refractivity contribution in [2.45, 2.75) is 44.0 Å². The van der Waals surface area contributed by atoms with Gasteiger partial charge in [0.05, 0.1) is 11.9 Å². The molecule has 0 radical (unpaired) electrons. The van der Waals surface area contributed by atoms with Crippen LogP contribution in [0.3, 0.4) is 0 Å². The highest BCUT2D eigenvalue weighted by molar-refractivity contribution is 8.03. The second-order valence-electron chi connectivity index (χ2n) is 6.81. The van der Waals surface area contributed by atoms with Crippen molar-refractivity contribution in [3.63, 3.8) is 0 Å². The van der Waals surface area contributed by atoms with E-state index in [1.807, 2.05) is 23.8 Å². The van der Waals surface area contributed by atoms with Crippen LogP contribution in [0, 0.1) is 5.82 Å². The van der Waals surface area contributed by atoms with Crippen molar-refractivity contribution in [2.75, 3.05) is 0 Å². The van der Waals surface area contributed by atoms with Gasteiger partial charge in [-0.2, -0.15) is 11.3 Å². The summed E-state index contributed by atoms with van der Waals surface area (Å²) in [6, 6.07) is 5.20. The SMILES string of the molecule is C/C=C(\C)Sc1c2n(c3cc(F)cc(-c4ccsc4)c13)CCC2CC(=O)O. The number of hydrogen-bond donors (Lipinski definition) is 1. The molecule has 2 aromatic heterocycles. The van der Waals surface area contributed by atoms with E-state index in [-0.39, 0.29) is 18.2 Å². The van der Waals surface area contributed by atoms with Crippen LogP contribution in [0.4, 0.5) is 4.39 Å². The van der Waals surface area contributed by atoms with Gasteiger partial charge in [0.15, 0.2) is 0 Å². The molecule has 0 saturated carbocycles. The number of hydrogen-bond acceptors (Lipinski definition) is 3. The van der Waals surface area contributed by atoms with Gasteiger partial charge in [0.25, 0.3) is 0 Å². The first kappa shape index (κ1) is 18.3. The molecular weight excluding hydrogens is 381 g/mol. The Morgan fingerprint density at radius 2 is 2.30 bits per heavy atom. The fourth-order valence-electron chi connectivity index (χ4n) is 3.87. The molecule has 1 N–H and O–H groups in total. The Bertz CT molecular complexity index is 1050. The predicted octanol–water partition coefficient (Wildman–Crippen LogP) is 6.49. The summed E-state index contributed by atoms with van der Waals surface area (Å²) >= 11 is 3.25. The zero-order chi connectivity index (χ0) is 19.1. The number of nitrogens with zero attached hydrogens (tertiary/aromatic N) is 1. The van der Waals surface area contributed by atoms with Gasteiger partial charge in [-0.1, -0.05) is 17.8 Å². The number of aromatic nitrogens is 1. The van der Waals surface area contributed by atoms with Gasteiger partial charge in [0.1, 0.15) is 5.82 Å². The average molecular weight is 402 g/mol. The highest BCUT2D eigenvalue weighted by Crippen LogP contribution is 2.49. The fraction of sp³-hybridized carbons (Fsp3) is 0.286. The van der Waals surface area contributed by atoms with E-state index in [0.29, 0.717) is 0 Å². The highest BCUT2D eigenvalue weighted by atomic mass is 32.2. The third kappa shape index (κ3) is 3.21. The van der Waals surface area contributed by atoms with Crippen molar-refractivity contribution < 1.29 is 14.3 Å². The number of allylic oxidation sites excluding steroid dienone is 2. The minimum atomic E-state index is -0.790. The quantitative estimate of drug-likeness (QED) is 0.497. The van der Waals surface area contributed by atoms with E-state index in [9.17, 15) is 14.3 Å². The molecule has 3 heterocycles. The normalized spacial score (nSPS) is 16.9. The molecule has 3 nitrogen and oxygen atoms in total. The highest BCUT2D eigenvalue weighted by Gasteiger charge is 2.32. The van der Waals surface area contributed by atoms with E-state index < -0.39 is 5.97 Å². The fourth-order valence-corrected chi connectivity index (χ4v) is 5.66. The first-order valence-corrected chi connectivity index (χ1v) is 10.7. The summed E-state index contributed by atoms with van der Waals surface area (Å²) in [5.74, 6) is -1.09. The van der Waals surface area contributed by atoms with Gasteiger partial charge in [0.2, 0.25) is 0 Å².